The summed E-state index contributed by atoms with van der Waals surface area (Å²) in [5.74, 6) is 1.38. The fourth-order valence-electron chi connectivity index (χ4n) is 6.22. The summed E-state index contributed by atoms with van der Waals surface area (Å²) in [7, 11) is 2.14. The molecule has 0 unspecified atom stereocenters. The lowest BCUT2D eigenvalue weighted by atomic mass is 9.85. The summed E-state index contributed by atoms with van der Waals surface area (Å²) in [4.78, 5) is 23.6. The van der Waals surface area contributed by atoms with Crippen LogP contribution in [0.2, 0.25) is 0 Å². The van der Waals surface area contributed by atoms with Crippen molar-refractivity contribution in [3.05, 3.63) is 50.8 Å². The predicted octanol–water partition coefficient (Wildman–Crippen LogP) is 1.39. The Morgan fingerprint density at radius 3 is 2.55 bits per heavy atom. The third kappa shape index (κ3) is 3.51. The van der Waals surface area contributed by atoms with Gasteiger partial charge in [-0.3, -0.25) is 9.69 Å². The van der Waals surface area contributed by atoms with Crippen LogP contribution in [0.15, 0.2) is 23.0 Å². The van der Waals surface area contributed by atoms with Crippen molar-refractivity contribution in [3.63, 3.8) is 0 Å². The summed E-state index contributed by atoms with van der Waals surface area (Å²) < 4.78 is 18.9. The van der Waals surface area contributed by atoms with Gasteiger partial charge in [-0.15, -0.1) is 0 Å². The number of aliphatic hydroxyl groups excluding tert-OH is 1. The standard InChI is InChI=1S/C28H32N4O6/c1-3-28(35)20-11-22-25-18(14-32(22)26(33)19(20)15-38-27(28)34)17(13-31-6-4-30(2)5-7-31)16-10-23-24(12-21(16)29-25)37-9-8-36-23/h10-12,27,34-35H,3-9,13-15H2,1-2H3/t27-,28-/m1/s1. The molecule has 1 saturated heterocycles. The van der Waals surface area contributed by atoms with Crippen LogP contribution in [0.4, 0.5) is 0 Å². The topological polar surface area (TPSA) is 110 Å². The number of hydrogen-bond donors (Lipinski definition) is 2. The zero-order valence-electron chi connectivity index (χ0n) is 21.7. The van der Waals surface area contributed by atoms with Gasteiger partial charge in [0.05, 0.1) is 30.1 Å². The average molecular weight is 521 g/mol. The molecule has 0 aliphatic carbocycles. The number of piperazine rings is 1. The molecule has 0 bridgehead atoms. The molecule has 0 spiro atoms. The third-order valence-corrected chi connectivity index (χ3v) is 8.60. The number of ether oxygens (including phenoxy) is 3. The number of rotatable bonds is 3. The second kappa shape index (κ2) is 8.75. The van der Waals surface area contributed by atoms with Gasteiger partial charge in [-0.05, 0) is 31.2 Å². The number of fused-ring (bicyclic) bond motifs is 6. The summed E-state index contributed by atoms with van der Waals surface area (Å²) in [5, 5.41) is 22.8. The number of hydrogen-bond acceptors (Lipinski definition) is 9. The number of likely N-dealkylation sites (N-methyl/N-ethyl adjacent to an activating group) is 1. The van der Waals surface area contributed by atoms with Crippen molar-refractivity contribution < 1.29 is 24.4 Å². The van der Waals surface area contributed by atoms with E-state index in [1.165, 1.54) is 0 Å². The zero-order chi connectivity index (χ0) is 26.2. The van der Waals surface area contributed by atoms with Crippen LogP contribution >= 0.6 is 0 Å². The molecule has 6 heterocycles. The van der Waals surface area contributed by atoms with E-state index in [1.54, 1.807) is 11.5 Å². The molecule has 2 atom stereocenters. The molecule has 2 N–H and O–H groups in total. The van der Waals surface area contributed by atoms with Crippen molar-refractivity contribution in [1.82, 2.24) is 19.4 Å². The summed E-state index contributed by atoms with van der Waals surface area (Å²) >= 11 is 0. The summed E-state index contributed by atoms with van der Waals surface area (Å²) in [5.41, 5.74) is 3.25. The Bertz CT molecular complexity index is 1510. The molecule has 1 aromatic carbocycles. The number of benzene rings is 1. The van der Waals surface area contributed by atoms with E-state index in [-0.39, 0.29) is 18.6 Å². The molecule has 0 amide bonds. The van der Waals surface area contributed by atoms with E-state index >= 15 is 0 Å². The number of nitrogens with zero attached hydrogens (tertiary/aromatic N) is 4. The van der Waals surface area contributed by atoms with Gasteiger partial charge in [-0.1, -0.05) is 6.92 Å². The van der Waals surface area contributed by atoms with Crippen molar-refractivity contribution in [2.45, 2.75) is 44.9 Å². The molecule has 38 heavy (non-hydrogen) atoms. The zero-order valence-corrected chi connectivity index (χ0v) is 21.7. The maximum atomic E-state index is 13.7. The Kier molecular flexibility index (Phi) is 5.54. The van der Waals surface area contributed by atoms with Crippen LogP contribution in [0.5, 0.6) is 11.5 Å². The minimum Gasteiger partial charge on any atom is -0.486 e. The van der Waals surface area contributed by atoms with Gasteiger partial charge in [0.1, 0.15) is 18.8 Å². The van der Waals surface area contributed by atoms with Crippen LogP contribution in [0.1, 0.15) is 35.6 Å². The van der Waals surface area contributed by atoms with Gasteiger partial charge in [-0.2, -0.15) is 0 Å². The second-order valence-electron chi connectivity index (χ2n) is 10.8. The largest absolute Gasteiger partial charge is 0.486 e. The van der Waals surface area contributed by atoms with Crippen molar-refractivity contribution in [2.75, 3.05) is 46.4 Å². The Balaban J connectivity index is 1.44. The van der Waals surface area contributed by atoms with E-state index in [2.05, 4.69) is 16.8 Å². The van der Waals surface area contributed by atoms with Crippen LogP contribution in [-0.2, 0) is 30.0 Å². The first-order valence-corrected chi connectivity index (χ1v) is 13.3. The van der Waals surface area contributed by atoms with Crippen LogP contribution in [-0.4, -0.2) is 82.3 Å². The maximum absolute atomic E-state index is 13.7. The lowest BCUT2D eigenvalue weighted by Gasteiger charge is -2.37. The smallest absolute Gasteiger partial charge is 0.257 e. The predicted molar refractivity (Wildman–Crippen MR) is 139 cm³/mol. The van der Waals surface area contributed by atoms with Gasteiger partial charge >= 0.3 is 0 Å². The van der Waals surface area contributed by atoms with E-state index < -0.39 is 11.9 Å². The average Bonchev–Trinajstić information content (AvgIpc) is 3.30. The maximum Gasteiger partial charge on any atom is 0.257 e. The van der Waals surface area contributed by atoms with Crippen LogP contribution in [0.3, 0.4) is 0 Å². The molecular weight excluding hydrogens is 488 g/mol. The monoisotopic (exact) mass is 520 g/mol. The molecule has 0 radical (unpaired) electrons. The molecule has 3 aromatic rings. The highest BCUT2D eigenvalue weighted by molar-refractivity contribution is 5.90. The van der Waals surface area contributed by atoms with E-state index in [4.69, 9.17) is 19.2 Å². The second-order valence-corrected chi connectivity index (χ2v) is 10.8. The Hall–Kier alpha value is -3.02. The van der Waals surface area contributed by atoms with Gasteiger partial charge in [0.15, 0.2) is 17.8 Å². The molecule has 0 saturated carbocycles. The third-order valence-electron chi connectivity index (χ3n) is 8.60. The summed E-state index contributed by atoms with van der Waals surface area (Å²) in [6, 6.07) is 5.78. The summed E-state index contributed by atoms with van der Waals surface area (Å²) in [6.07, 6.45) is -1.19. The Morgan fingerprint density at radius 2 is 1.82 bits per heavy atom. The molecule has 7 rings (SSSR count). The highest BCUT2D eigenvalue weighted by Crippen LogP contribution is 2.43. The summed E-state index contributed by atoms with van der Waals surface area (Å²) in [6.45, 7) is 7.77. The van der Waals surface area contributed by atoms with Crippen LogP contribution < -0.4 is 15.0 Å². The molecule has 10 heteroatoms. The van der Waals surface area contributed by atoms with Crippen molar-refractivity contribution in [3.8, 4) is 22.9 Å². The van der Waals surface area contributed by atoms with Gasteiger partial charge in [0.25, 0.3) is 5.56 Å². The minimum absolute atomic E-state index is 0.0424. The van der Waals surface area contributed by atoms with Gasteiger partial charge in [0.2, 0.25) is 0 Å². The fraction of sp³-hybridized carbons (Fsp3) is 0.500. The van der Waals surface area contributed by atoms with E-state index in [0.717, 1.165) is 60.4 Å². The minimum atomic E-state index is -1.66. The normalized spacial score (nSPS) is 24.8. The van der Waals surface area contributed by atoms with Crippen molar-refractivity contribution in [2.24, 2.45) is 0 Å². The van der Waals surface area contributed by atoms with Crippen molar-refractivity contribution >= 4 is 10.9 Å². The van der Waals surface area contributed by atoms with Gasteiger partial charge in [0, 0.05) is 60.9 Å². The lowest BCUT2D eigenvalue weighted by molar-refractivity contribution is -0.236. The number of pyridine rings is 2. The fourth-order valence-corrected chi connectivity index (χ4v) is 6.22. The Labute approximate surface area is 220 Å². The van der Waals surface area contributed by atoms with Crippen molar-refractivity contribution in [1.29, 1.82) is 0 Å². The van der Waals surface area contributed by atoms with Gasteiger partial charge in [-0.25, -0.2) is 4.98 Å². The molecule has 4 aliphatic heterocycles. The van der Waals surface area contributed by atoms with Crippen LogP contribution in [0.25, 0.3) is 22.3 Å². The number of aliphatic hydroxyl groups is 2. The lowest BCUT2D eigenvalue weighted by Crippen LogP contribution is -2.47. The van der Waals surface area contributed by atoms with E-state index in [1.807, 2.05) is 18.2 Å². The van der Waals surface area contributed by atoms with Gasteiger partial charge < -0.3 is 33.9 Å². The molecule has 2 aromatic heterocycles. The quantitative estimate of drug-likeness (QED) is 0.414. The first-order chi connectivity index (χ1) is 18.4. The molecular formula is C28H32N4O6. The molecule has 200 valence electrons. The van der Waals surface area contributed by atoms with Crippen LogP contribution in [0, 0.1) is 0 Å². The molecule has 10 nitrogen and oxygen atoms in total. The SMILES string of the molecule is CC[C@@]1(O)c2cc3n(c(=O)c2CO[C@H]1O)Cc1c-3nc2cc3c(cc2c1CN1CCN(C)CC1)OCCO3. The number of aromatic nitrogens is 2. The van der Waals surface area contributed by atoms with E-state index in [0.29, 0.717) is 48.1 Å². The first kappa shape index (κ1) is 24.1. The Morgan fingerprint density at radius 1 is 1.08 bits per heavy atom. The highest BCUT2D eigenvalue weighted by atomic mass is 16.6. The highest BCUT2D eigenvalue weighted by Gasteiger charge is 2.44. The van der Waals surface area contributed by atoms with E-state index in [9.17, 15) is 15.0 Å². The first-order valence-electron chi connectivity index (χ1n) is 13.3. The molecule has 4 aliphatic rings. The molecule has 1 fully saturated rings.